The molecule has 0 aromatic heterocycles. The summed E-state index contributed by atoms with van der Waals surface area (Å²) in [5.41, 5.74) is 1.61. The van der Waals surface area contributed by atoms with Gasteiger partial charge in [0.1, 0.15) is 11.5 Å². The minimum Gasteiger partial charge on any atom is -0.506 e. The number of carbonyl (C=O) groups is 1. The number of para-hydroxylation sites is 2. The van der Waals surface area contributed by atoms with Gasteiger partial charge >= 0.3 is 6.03 Å². The van der Waals surface area contributed by atoms with Gasteiger partial charge in [0, 0.05) is 0 Å². The number of amides is 2. The molecule has 116 valence electrons. The van der Waals surface area contributed by atoms with Crippen molar-refractivity contribution in [3.8, 4) is 11.5 Å². The van der Waals surface area contributed by atoms with Crippen LogP contribution in [0.5, 0.6) is 11.5 Å². The number of anilines is 1. The van der Waals surface area contributed by atoms with Crippen LogP contribution in [0.2, 0.25) is 0 Å². The van der Waals surface area contributed by atoms with E-state index in [4.69, 9.17) is 4.74 Å². The average Bonchev–Trinajstić information content (AvgIpc) is 2.52. The number of rotatable bonds is 6. The van der Waals surface area contributed by atoms with Crippen LogP contribution in [-0.4, -0.2) is 17.9 Å². The predicted octanol–water partition coefficient (Wildman–Crippen LogP) is 3.50. The molecule has 2 rings (SSSR count). The van der Waals surface area contributed by atoms with E-state index in [0.717, 1.165) is 12.8 Å². The Balaban J connectivity index is 1.76. The molecule has 22 heavy (non-hydrogen) atoms. The number of aromatic hydroxyl groups is 1. The fourth-order valence-corrected chi connectivity index (χ4v) is 1.97. The Kier molecular flexibility index (Phi) is 5.65. The molecule has 0 atom stereocenters. The lowest BCUT2D eigenvalue weighted by molar-refractivity contribution is 0.234. The third kappa shape index (κ3) is 4.70. The highest BCUT2D eigenvalue weighted by molar-refractivity contribution is 5.90. The number of hydrogen-bond donors (Lipinski definition) is 3. The van der Waals surface area contributed by atoms with E-state index >= 15 is 0 Å². The van der Waals surface area contributed by atoms with Gasteiger partial charge in [-0.3, -0.25) is 0 Å². The minimum absolute atomic E-state index is 0.0186. The molecule has 2 aromatic carbocycles. The molecule has 0 bridgehead atoms. The van der Waals surface area contributed by atoms with Gasteiger partial charge in [0.25, 0.3) is 0 Å². The van der Waals surface area contributed by atoms with Crippen molar-refractivity contribution >= 4 is 11.7 Å². The first-order chi connectivity index (χ1) is 10.7. The van der Waals surface area contributed by atoms with E-state index < -0.39 is 6.03 Å². The zero-order valence-electron chi connectivity index (χ0n) is 12.5. The normalized spacial score (nSPS) is 10.0. The molecule has 0 aliphatic heterocycles. The maximum Gasteiger partial charge on any atom is 0.321 e. The summed E-state index contributed by atoms with van der Waals surface area (Å²) in [7, 11) is 0. The first kappa shape index (κ1) is 15.7. The Morgan fingerprint density at radius 2 is 1.86 bits per heavy atom. The first-order valence-corrected chi connectivity index (χ1v) is 7.23. The molecule has 2 amide bonds. The second-order valence-corrected chi connectivity index (χ2v) is 4.83. The molecule has 0 spiro atoms. The van der Waals surface area contributed by atoms with Gasteiger partial charge in [-0.2, -0.15) is 0 Å². The van der Waals surface area contributed by atoms with E-state index in [1.807, 2.05) is 24.3 Å². The standard InChI is InChI=1S/C17H20N2O3/c1-2-5-13-8-10-14(11-9-13)22-12-18-17(21)19-15-6-3-4-7-16(15)20/h3-4,6-11,20H,2,5,12H2,1H3,(H2,18,19,21). The number of carbonyl (C=O) groups excluding carboxylic acids is 1. The van der Waals surface area contributed by atoms with Gasteiger partial charge < -0.3 is 20.5 Å². The molecular formula is C17H20N2O3. The SMILES string of the molecule is CCCc1ccc(OCNC(=O)Nc2ccccc2O)cc1. The van der Waals surface area contributed by atoms with Crippen molar-refractivity contribution in [2.45, 2.75) is 19.8 Å². The Morgan fingerprint density at radius 1 is 1.14 bits per heavy atom. The van der Waals surface area contributed by atoms with Crippen LogP contribution < -0.4 is 15.4 Å². The summed E-state index contributed by atoms with van der Waals surface area (Å²) in [5.74, 6) is 0.716. The number of phenols is 1. The molecule has 2 aromatic rings. The zero-order valence-corrected chi connectivity index (χ0v) is 12.5. The topological polar surface area (TPSA) is 70.6 Å². The molecule has 3 N–H and O–H groups in total. The smallest absolute Gasteiger partial charge is 0.321 e. The van der Waals surface area contributed by atoms with E-state index in [1.165, 1.54) is 11.6 Å². The van der Waals surface area contributed by atoms with Crippen LogP contribution in [0.3, 0.4) is 0 Å². The number of hydrogen-bond acceptors (Lipinski definition) is 3. The van der Waals surface area contributed by atoms with E-state index in [1.54, 1.807) is 18.2 Å². The van der Waals surface area contributed by atoms with Gasteiger partial charge in [-0.05, 0) is 36.2 Å². The van der Waals surface area contributed by atoms with Crippen molar-refractivity contribution < 1.29 is 14.6 Å². The van der Waals surface area contributed by atoms with Crippen LogP contribution in [0.1, 0.15) is 18.9 Å². The van der Waals surface area contributed by atoms with Crippen LogP contribution in [0.4, 0.5) is 10.5 Å². The van der Waals surface area contributed by atoms with Gasteiger partial charge in [0.15, 0.2) is 6.73 Å². The molecule has 0 heterocycles. The van der Waals surface area contributed by atoms with E-state index in [9.17, 15) is 9.90 Å². The highest BCUT2D eigenvalue weighted by Crippen LogP contribution is 2.21. The lowest BCUT2D eigenvalue weighted by Crippen LogP contribution is -2.32. The van der Waals surface area contributed by atoms with Crippen molar-refractivity contribution in [3.63, 3.8) is 0 Å². The Morgan fingerprint density at radius 3 is 2.55 bits per heavy atom. The fraction of sp³-hybridized carbons (Fsp3) is 0.235. The summed E-state index contributed by atoms with van der Waals surface area (Å²) >= 11 is 0. The van der Waals surface area contributed by atoms with Crippen LogP contribution in [0, 0.1) is 0 Å². The van der Waals surface area contributed by atoms with Crippen molar-refractivity contribution in [1.82, 2.24) is 5.32 Å². The third-order valence-electron chi connectivity index (χ3n) is 3.09. The quantitative estimate of drug-likeness (QED) is 0.565. The predicted molar refractivity (Wildman–Crippen MR) is 86.2 cm³/mol. The largest absolute Gasteiger partial charge is 0.506 e. The molecule has 0 aliphatic rings. The minimum atomic E-state index is -0.441. The van der Waals surface area contributed by atoms with Crippen LogP contribution in [0.15, 0.2) is 48.5 Å². The van der Waals surface area contributed by atoms with Crippen LogP contribution >= 0.6 is 0 Å². The lowest BCUT2D eigenvalue weighted by Gasteiger charge is -2.10. The number of benzene rings is 2. The van der Waals surface area contributed by atoms with Crippen molar-refractivity contribution in [2.75, 3.05) is 12.0 Å². The van der Waals surface area contributed by atoms with Crippen molar-refractivity contribution in [2.24, 2.45) is 0 Å². The summed E-state index contributed by atoms with van der Waals surface area (Å²) < 4.78 is 5.44. The molecular weight excluding hydrogens is 280 g/mol. The van der Waals surface area contributed by atoms with Gasteiger partial charge in [0.2, 0.25) is 0 Å². The monoisotopic (exact) mass is 300 g/mol. The molecule has 0 aliphatic carbocycles. The van der Waals surface area contributed by atoms with E-state index in [2.05, 4.69) is 17.6 Å². The summed E-state index contributed by atoms with van der Waals surface area (Å²) in [4.78, 5) is 11.7. The Bertz CT molecular complexity index is 612. The van der Waals surface area contributed by atoms with E-state index in [-0.39, 0.29) is 12.5 Å². The average molecular weight is 300 g/mol. The molecule has 5 nitrogen and oxygen atoms in total. The zero-order chi connectivity index (χ0) is 15.8. The fourth-order valence-electron chi connectivity index (χ4n) is 1.97. The summed E-state index contributed by atoms with van der Waals surface area (Å²) in [6.07, 6.45) is 2.15. The van der Waals surface area contributed by atoms with E-state index in [0.29, 0.717) is 11.4 Å². The summed E-state index contributed by atoms with van der Waals surface area (Å²) in [6, 6.07) is 13.9. The Labute approximate surface area is 129 Å². The highest BCUT2D eigenvalue weighted by Gasteiger charge is 2.04. The van der Waals surface area contributed by atoms with Crippen molar-refractivity contribution in [1.29, 1.82) is 0 Å². The van der Waals surface area contributed by atoms with Gasteiger partial charge in [-0.1, -0.05) is 37.6 Å². The van der Waals surface area contributed by atoms with Gasteiger partial charge in [-0.25, -0.2) is 4.79 Å². The number of phenolic OH excluding ortho intramolecular Hbond substituents is 1. The molecule has 0 saturated heterocycles. The lowest BCUT2D eigenvalue weighted by atomic mass is 10.1. The third-order valence-corrected chi connectivity index (χ3v) is 3.09. The molecule has 0 saturated carbocycles. The van der Waals surface area contributed by atoms with Crippen LogP contribution in [0.25, 0.3) is 0 Å². The maximum absolute atomic E-state index is 11.7. The van der Waals surface area contributed by atoms with Gasteiger partial charge in [0.05, 0.1) is 5.69 Å². The molecule has 0 fully saturated rings. The number of urea groups is 1. The highest BCUT2D eigenvalue weighted by atomic mass is 16.5. The molecule has 0 unspecified atom stereocenters. The second kappa shape index (κ2) is 7.93. The maximum atomic E-state index is 11.7. The number of ether oxygens (including phenoxy) is 1. The van der Waals surface area contributed by atoms with Crippen LogP contribution in [-0.2, 0) is 6.42 Å². The Hall–Kier alpha value is -2.69. The summed E-state index contributed by atoms with van der Waals surface area (Å²) in [5, 5.41) is 14.7. The number of nitrogens with one attached hydrogen (secondary N) is 2. The van der Waals surface area contributed by atoms with Gasteiger partial charge in [-0.15, -0.1) is 0 Å². The number of aryl methyl sites for hydroxylation is 1. The first-order valence-electron chi connectivity index (χ1n) is 7.23. The molecule has 0 radical (unpaired) electrons. The van der Waals surface area contributed by atoms with Crippen molar-refractivity contribution in [3.05, 3.63) is 54.1 Å². The molecule has 5 heteroatoms. The second-order valence-electron chi connectivity index (χ2n) is 4.83. The summed E-state index contributed by atoms with van der Waals surface area (Å²) in [6.45, 7) is 2.18.